The normalized spacial score (nSPS) is 15.0. The lowest BCUT2D eigenvalue weighted by Gasteiger charge is -2.18. The molecule has 2 aromatic rings. The molecule has 0 N–H and O–H groups in total. The molecule has 0 fully saturated rings. The summed E-state index contributed by atoms with van der Waals surface area (Å²) in [5, 5.41) is -1.56. The highest BCUT2D eigenvalue weighted by atomic mass is 32.2. The van der Waals surface area contributed by atoms with Crippen LogP contribution in [0.3, 0.4) is 0 Å². The Balaban J connectivity index is 2.22. The van der Waals surface area contributed by atoms with E-state index >= 15 is 0 Å². The van der Waals surface area contributed by atoms with Crippen molar-refractivity contribution in [1.82, 2.24) is 0 Å². The van der Waals surface area contributed by atoms with E-state index in [-0.39, 0.29) is 16.2 Å². The molecule has 0 amide bonds. The Hall–Kier alpha value is -1.66. The van der Waals surface area contributed by atoms with Crippen molar-refractivity contribution in [3.63, 3.8) is 0 Å². The molecule has 0 saturated heterocycles. The molecule has 0 aliphatic rings. The van der Waals surface area contributed by atoms with Crippen LogP contribution in [0, 0.1) is 0 Å². The predicted octanol–water partition coefficient (Wildman–Crippen LogP) is 3.10. The van der Waals surface area contributed by atoms with Crippen LogP contribution in [0.4, 0.5) is 0 Å². The summed E-state index contributed by atoms with van der Waals surface area (Å²) in [6.45, 7) is 3.11. The largest absolute Gasteiger partial charge is 0.223 e. The fraction of sp³-hybridized carbons (Fsp3) is 0.294. The van der Waals surface area contributed by atoms with Gasteiger partial charge in [0.05, 0.1) is 20.3 Å². The molecule has 2 atom stereocenters. The third kappa shape index (κ3) is 3.82. The van der Waals surface area contributed by atoms with Crippen molar-refractivity contribution in [2.75, 3.05) is 0 Å². The molecule has 0 saturated carbocycles. The molecular weight excluding hydrogens is 332 g/mol. The lowest BCUT2D eigenvalue weighted by Crippen LogP contribution is -2.27. The Bertz CT molecular complexity index is 768. The smallest absolute Gasteiger partial charge is 0.180 e. The minimum Gasteiger partial charge on any atom is -0.223 e. The molecule has 124 valence electrons. The van der Waals surface area contributed by atoms with Crippen molar-refractivity contribution in [1.29, 1.82) is 0 Å². The van der Waals surface area contributed by atoms with Gasteiger partial charge < -0.3 is 0 Å². The number of sulfone groups is 2. The topological polar surface area (TPSA) is 68.3 Å². The summed E-state index contributed by atoms with van der Waals surface area (Å²) in [5.74, 6) is 0. The molecule has 4 nitrogen and oxygen atoms in total. The highest BCUT2D eigenvalue weighted by Gasteiger charge is 2.30. The van der Waals surface area contributed by atoms with Crippen LogP contribution in [0.5, 0.6) is 0 Å². The van der Waals surface area contributed by atoms with Crippen molar-refractivity contribution < 1.29 is 16.8 Å². The number of rotatable bonds is 6. The van der Waals surface area contributed by atoms with Crippen LogP contribution in [-0.4, -0.2) is 27.3 Å². The molecule has 0 bridgehead atoms. The van der Waals surface area contributed by atoms with Gasteiger partial charge in [-0.15, -0.1) is 0 Å². The van der Waals surface area contributed by atoms with Gasteiger partial charge >= 0.3 is 0 Å². The third-order valence-corrected chi connectivity index (χ3v) is 8.23. The second kappa shape index (κ2) is 6.84. The van der Waals surface area contributed by atoms with E-state index in [0.717, 1.165) is 0 Å². The van der Waals surface area contributed by atoms with Gasteiger partial charge in [-0.2, -0.15) is 0 Å². The summed E-state index contributed by atoms with van der Waals surface area (Å²) in [6, 6.07) is 16.2. The summed E-state index contributed by atoms with van der Waals surface area (Å²) in [6.07, 6.45) is 0.0501. The zero-order valence-corrected chi connectivity index (χ0v) is 14.7. The maximum absolute atomic E-state index is 12.5. The Labute approximate surface area is 138 Å². The molecule has 0 radical (unpaired) electrons. The molecule has 0 spiro atoms. The van der Waals surface area contributed by atoms with E-state index in [9.17, 15) is 16.8 Å². The van der Waals surface area contributed by atoms with Crippen LogP contribution in [0.2, 0.25) is 0 Å². The number of hydrogen-bond donors (Lipinski definition) is 0. The Kier molecular flexibility index (Phi) is 5.26. The van der Waals surface area contributed by atoms with E-state index in [1.54, 1.807) is 50.2 Å². The average Bonchev–Trinajstić information content (AvgIpc) is 2.56. The molecule has 2 unspecified atom stereocenters. The van der Waals surface area contributed by atoms with Crippen molar-refractivity contribution in [2.24, 2.45) is 0 Å². The Morgan fingerprint density at radius 2 is 0.957 bits per heavy atom. The summed E-state index contributed by atoms with van der Waals surface area (Å²) in [4.78, 5) is 0.439. The minimum atomic E-state index is -3.54. The average molecular weight is 352 g/mol. The summed E-state index contributed by atoms with van der Waals surface area (Å²) < 4.78 is 50.1. The fourth-order valence-corrected chi connectivity index (χ4v) is 5.61. The lowest BCUT2D eigenvalue weighted by molar-refractivity contribution is 0.562. The van der Waals surface area contributed by atoms with Crippen LogP contribution in [0.1, 0.15) is 20.3 Å². The van der Waals surface area contributed by atoms with Gasteiger partial charge in [-0.3, -0.25) is 0 Å². The van der Waals surface area contributed by atoms with E-state index in [1.807, 2.05) is 0 Å². The molecule has 0 aromatic heterocycles. The Morgan fingerprint density at radius 1 is 0.652 bits per heavy atom. The summed E-state index contributed by atoms with van der Waals surface area (Å²) in [5.41, 5.74) is 0. The molecule has 23 heavy (non-hydrogen) atoms. The van der Waals surface area contributed by atoms with E-state index in [1.165, 1.54) is 24.3 Å². The van der Waals surface area contributed by atoms with Gasteiger partial charge in [-0.05, 0) is 44.5 Å². The summed E-state index contributed by atoms with van der Waals surface area (Å²) in [7, 11) is -7.08. The monoisotopic (exact) mass is 352 g/mol. The van der Waals surface area contributed by atoms with Crippen molar-refractivity contribution >= 4 is 19.7 Å². The first-order chi connectivity index (χ1) is 10.8. The van der Waals surface area contributed by atoms with Crippen LogP contribution in [-0.2, 0) is 19.7 Å². The second-order valence-corrected chi connectivity index (χ2v) is 10.3. The van der Waals surface area contributed by atoms with E-state index in [0.29, 0.717) is 0 Å². The fourth-order valence-electron chi connectivity index (χ4n) is 2.41. The van der Waals surface area contributed by atoms with Gasteiger partial charge in [0, 0.05) is 0 Å². The third-order valence-electron chi connectivity index (χ3n) is 3.87. The SMILES string of the molecule is CC(CC(C)S(=O)(=O)c1ccccc1)S(=O)(=O)c1ccccc1. The van der Waals surface area contributed by atoms with Gasteiger partial charge in [0.1, 0.15) is 0 Å². The molecular formula is C17H20O4S2. The molecule has 6 heteroatoms. The van der Waals surface area contributed by atoms with Crippen molar-refractivity contribution in [3.05, 3.63) is 60.7 Å². The number of benzene rings is 2. The minimum absolute atomic E-state index is 0.0501. The summed E-state index contributed by atoms with van der Waals surface area (Å²) >= 11 is 0. The van der Waals surface area contributed by atoms with Crippen LogP contribution in [0.25, 0.3) is 0 Å². The van der Waals surface area contributed by atoms with Gasteiger partial charge in [-0.25, -0.2) is 16.8 Å². The van der Waals surface area contributed by atoms with Gasteiger partial charge in [0.25, 0.3) is 0 Å². The molecule has 2 aromatic carbocycles. The zero-order chi connectivity index (χ0) is 17.1. The quantitative estimate of drug-likeness (QED) is 0.801. The lowest BCUT2D eigenvalue weighted by atomic mass is 10.3. The van der Waals surface area contributed by atoms with Crippen LogP contribution >= 0.6 is 0 Å². The van der Waals surface area contributed by atoms with E-state index in [2.05, 4.69) is 0 Å². The highest BCUT2D eigenvalue weighted by Crippen LogP contribution is 2.24. The van der Waals surface area contributed by atoms with E-state index in [4.69, 9.17) is 0 Å². The first-order valence-corrected chi connectivity index (χ1v) is 10.4. The van der Waals surface area contributed by atoms with Gasteiger partial charge in [-0.1, -0.05) is 36.4 Å². The maximum Gasteiger partial charge on any atom is 0.180 e. The molecule has 2 rings (SSSR count). The maximum atomic E-state index is 12.5. The molecule has 0 heterocycles. The molecule has 0 aliphatic heterocycles. The standard InChI is InChI=1S/C17H20O4S2/c1-14(22(18,19)16-9-5-3-6-10-16)13-15(2)23(20,21)17-11-7-4-8-12-17/h3-12,14-15H,13H2,1-2H3. The van der Waals surface area contributed by atoms with Crippen LogP contribution in [0.15, 0.2) is 70.5 Å². The highest BCUT2D eigenvalue weighted by molar-refractivity contribution is 7.93. The second-order valence-electron chi connectivity index (χ2n) is 5.57. The van der Waals surface area contributed by atoms with Crippen LogP contribution < -0.4 is 0 Å². The predicted molar refractivity (Wildman–Crippen MR) is 90.8 cm³/mol. The van der Waals surface area contributed by atoms with Crippen molar-refractivity contribution in [3.8, 4) is 0 Å². The van der Waals surface area contributed by atoms with Gasteiger partial charge in [0.2, 0.25) is 0 Å². The number of hydrogen-bond acceptors (Lipinski definition) is 4. The zero-order valence-electron chi connectivity index (χ0n) is 13.1. The van der Waals surface area contributed by atoms with Gasteiger partial charge in [0.15, 0.2) is 19.7 Å². The Morgan fingerprint density at radius 3 is 1.26 bits per heavy atom. The van der Waals surface area contributed by atoms with Crippen molar-refractivity contribution in [2.45, 2.75) is 40.6 Å². The molecule has 0 aliphatic carbocycles. The first kappa shape index (κ1) is 17.7. The van der Waals surface area contributed by atoms with E-state index < -0.39 is 30.2 Å². The first-order valence-electron chi connectivity index (χ1n) is 7.34.